The molecule has 98 valence electrons. The van der Waals surface area contributed by atoms with Gasteiger partial charge in [0.15, 0.2) is 0 Å². The van der Waals surface area contributed by atoms with Crippen LogP contribution >= 0.6 is 0 Å². The molecule has 1 amide bonds. The van der Waals surface area contributed by atoms with Crippen molar-refractivity contribution in [1.29, 1.82) is 0 Å². The van der Waals surface area contributed by atoms with Gasteiger partial charge in [-0.15, -0.1) is 0 Å². The molecular weight excluding hydrogens is 234 g/mol. The van der Waals surface area contributed by atoms with Crippen LogP contribution in [-0.4, -0.2) is 46.5 Å². The zero-order valence-electron chi connectivity index (χ0n) is 10.7. The average Bonchev–Trinajstić information content (AvgIpc) is 2.37. The second-order valence-corrected chi connectivity index (χ2v) is 3.94. The molecule has 1 aromatic heterocycles. The molecule has 1 heterocycles. The number of amides is 1. The molecule has 2 N–H and O–H groups in total. The fourth-order valence-corrected chi connectivity index (χ4v) is 1.47. The minimum absolute atomic E-state index is 0.0521. The number of likely N-dealkylation sites (N-methyl/N-ethyl adjacent to an activating group) is 1. The number of aromatic nitrogens is 1. The maximum absolute atomic E-state index is 11.9. The van der Waals surface area contributed by atoms with Crippen LogP contribution in [0.2, 0.25) is 0 Å². The molecule has 18 heavy (non-hydrogen) atoms. The second-order valence-electron chi connectivity index (χ2n) is 3.94. The maximum atomic E-state index is 11.9. The van der Waals surface area contributed by atoms with E-state index in [0.717, 1.165) is 0 Å². The van der Waals surface area contributed by atoms with E-state index in [0.29, 0.717) is 12.2 Å². The highest BCUT2D eigenvalue weighted by molar-refractivity contribution is 5.95. The van der Waals surface area contributed by atoms with Crippen molar-refractivity contribution >= 4 is 17.6 Å². The van der Waals surface area contributed by atoms with E-state index in [2.05, 4.69) is 10.3 Å². The Morgan fingerprint density at radius 2 is 2.22 bits per heavy atom. The number of hydrogen-bond donors (Lipinski definition) is 2. The Bertz CT molecular complexity index is 448. The lowest BCUT2D eigenvalue weighted by Crippen LogP contribution is -2.39. The van der Waals surface area contributed by atoms with Gasteiger partial charge in [0.05, 0.1) is 5.69 Å². The van der Waals surface area contributed by atoms with Crippen molar-refractivity contribution in [2.75, 3.05) is 18.9 Å². The third kappa shape index (κ3) is 3.19. The van der Waals surface area contributed by atoms with Gasteiger partial charge in [0.1, 0.15) is 11.6 Å². The molecule has 1 atom stereocenters. The highest BCUT2D eigenvalue weighted by Gasteiger charge is 2.18. The summed E-state index contributed by atoms with van der Waals surface area (Å²) in [6.07, 6.45) is 2.74. The molecule has 0 aliphatic heterocycles. The summed E-state index contributed by atoms with van der Waals surface area (Å²) < 4.78 is 0. The van der Waals surface area contributed by atoms with E-state index in [1.165, 1.54) is 12.4 Å². The topological polar surface area (TPSA) is 82.5 Å². The summed E-state index contributed by atoms with van der Waals surface area (Å²) in [7, 11) is 1.70. The fraction of sp³-hybridized carbons (Fsp3) is 0.417. The van der Waals surface area contributed by atoms with E-state index in [-0.39, 0.29) is 11.5 Å². The van der Waals surface area contributed by atoms with Crippen LogP contribution in [0.5, 0.6) is 0 Å². The van der Waals surface area contributed by atoms with E-state index in [4.69, 9.17) is 5.11 Å². The molecule has 1 rings (SSSR count). The predicted octanol–water partition coefficient (Wildman–Crippen LogP) is 1.06. The van der Waals surface area contributed by atoms with Gasteiger partial charge in [0, 0.05) is 26.0 Å². The molecule has 1 aromatic rings. The molecule has 1 unspecified atom stereocenters. The molecule has 0 aliphatic rings. The van der Waals surface area contributed by atoms with Gasteiger partial charge < -0.3 is 15.3 Å². The van der Waals surface area contributed by atoms with Gasteiger partial charge in [-0.3, -0.25) is 9.78 Å². The number of carbonyl (C=O) groups excluding carboxylic acids is 1. The summed E-state index contributed by atoms with van der Waals surface area (Å²) in [5.74, 6) is -1.17. The molecule has 0 aromatic carbocycles. The summed E-state index contributed by atoms with van der Waals surface area (Å²) >= 11 is 0. The molecule has 0 saturated carbocycles. The number of hydrogen-bond acceptors (Lipinski definition) is 4. The van der Waals surface area contributed by atoms with E-state index in [1.807, 2.05) is 6.92 Å². The van der Waals surface area contributed by atoms with Crippen molar-refractivity contribution in [2.45, 2.75) is 19.9 Å². The van der Waals surface area contributed by atoms with Crippen LogP contribution in [-0.2, 0) is 4.79 Å². The van der Waals surface area contributed by atoms with Crippen molar-refractivity contribution < 1.29 is 14.7 Å². The largest absolute Gasteiger partial charge is 0.478 e. The summed E-state index contributed by atoms with van der Waals surface area (Å²) in [4.78, 5) is 28.2. The van der Waals surface area contributed by atoms with Crippen LogP contribution in [0, 0.1) is 0 Å². The normalized spacial score (nSPS) is 11.7. The molecule has 0 bridgehead atoms. The Balaban J connectivity index is 2.85. The van der Waals surface area contributed by atoms with Crippen LogP contribution in [0.4, 0.5) is 5.69 Å². The first-order valence-corrected chi connectivity index (χ1v) is 5.66. The predicted molar refractivity (Wildman–Crippen MR) is 67.6 cm³/mol. The monoisotopic (exact) mass is 251 g/mol. The Hall–Kier alpha value is -2.11. The summed E-state index contributed by atoms with van der Waals surface area (Å²) in [5.41, 5.74) is 0.444. The Kier molecular flexibility index (Phi) is 4.65. The quantitative estimate of drug-likeness (QED) is 0.817. The van der Waals surface area contributed by atoms with Crippen LogP contribution in [0.1, 0.15) is 24.2 Å². The van der Waals surface area contributed by atoms with Crippen LogP contribution in [0.15, 0.2) is 18.5 Å². The lowest BCUT2D eigenvalue weighted by atomic mass is 10.2. The molecule has 0 fully saturated rings. The smallest absolute Gasteiger partial charge is 0.339 e. The number of pyridine rings is 1. The number of aromatic carboxylic acids is 1. The van der Waals surface area contributed by atoms with Crippen molar-refractivity contribution in [3.8, 4) is 0 Å². The molecule has 0 aliphatic carbocycles. The Labute approximate surface area is 106 Å². The van der Waals surface area contributed by atoms with Gasteiger partial charge in [-0.05, 0) is 19.9 Å². The van der Waals surface area contributed by atoms with Crippen LogP contribution in [0.3, 0.4) is 0 Å². The summed E-state index contributed by atoms with van der Waals surface area (Å²) in [5, 5.41) is 11.9. The summed E-state index contributed by atoms with van der Waals surface area (Å²) in [6, 6.07) is 1.05. The number of carbonyl (C=O) groups is 2. The number of anilines is 1. The van der Waals surface area contributed by atoms with Gasteiger partial charge in [-0.25, -0.2) is 4.79 Å². The fourth-order valence-electron chi connectivity index (χ4n) is 1.47. The number of carboxylic acids is 1. The number of rotatable bonds is 5. The van der Waals surface area contributed by atoms with Crippen molar-refractivity contribution in [3.05, 3.63) is 24.0 Å². The molecule has 6 heteroatoms. The lowest BCUT2D eigenvalue weighted by Gasteiger charge is -2.21. The minimum atomic E-state index is -1.07. The SMILES string of the molecule is CCN(C)C(=O)C(C)Nc1ccncc1C(=O)O. The third-order valence-corrected chi connectivity index (χ3v) is 2.64. The molecule has 0 radical (unpaired) electrons. The maximum Gasteiger partial charge on any atom is 0.339 e. The van der Waals surface area contributed by atoms with Gasteiger partial charge in [0.25, 0.3) is 0 Å². The van der Waals surface area contributed by atoms with Gasteiger partial charge >= 0.3 is 5.97 Å². The van der Waals surface area contributed by atoms with Gasteiger partial charge in [-0.2, -0.15) is 0 Å². The van der Waals surface area contributed by atoms with Crippen LogP contribution < -0.4 is 5.32 Å². The van der Waals surface area contributed by atoms with Crippen molar-refractivity contribution in [1.82, 2.24) is 9.88 Å². The summed E-state index contributed by atoms with van der Waals surface area (Å²) in [6.45, 7) is 4.17. The second kappa shape index (κ2) is 6.00. The van der Waals surface area contributed by atoms with E-state index < -0.39 is 12.0 Å². The molecule has 0 spiro atoms. The Morgan fingerprint density at radius 3 is 2.78 bits per heavy atom. The van der Waals surface area contributed by atoms with Gasteiger partial charge in [0.2, 0.25) is 5.91 Å². The van der Waals surface area contributed by atoms with E-state index in [9.17, 15) is 9.59 Å². The molecular formula is C12H17N3O3. The van der Waals surface area contributed by atoms with Crippen molar-refractivity contribution in [3.63, 3.8) is 0 Å². The highest BCUT2D eigenvalue weighted by atomic mass is 16.4. The molecule has 0 saturated heterocycles. The zero-order chi connectivity index (χ0) is 13.7. The van der Waals surface area contributed by atoms with E-state index >= 15 is 0 Å². The molecule has 6 nitrogen and oxygen atoms in total. The number of nitrogens with one attached hydrogen (secondary N) is 1. The number of carboxylic acid groups (broad SMARTS) is 1. The standard InChI is InChI=1S/C12H17N3O3/c1-4-15(3)11(16)8(2)14-10-5-6-13-7-9(10)12(17)18/h5-8H,4H2,1-3H3,(H,13,14)(H,17,18). The lowest BCUT2D eigenvalue weighted by molar-refractivity contribution is -0.130. The van der Waals surface area contributed by atoms with Gasteiger partial charge in [-0.1, -0.05) is 0 Å². The first-order valence-electron chi connectivity index (χ1n) is 5.66. The van der Waals surface area contributed by atoms with E-state index in [1.54, 1.807) is 24.9 Å². The first-order chi connectivity index (χ1) is 8.47. The average molecular weight is 251 g/mol. The highest BCUT2D eigenvalue weighted by Crippen LogP contribution is 2.15. The zero-order valence-corrected chi connectivity index (χ0v) is 10.7. The minimum Gasteiger partial charge on any atom is -0.478 e. The third-order valence-electron chi connectivity index (χ3n) is 2.64. The Morgan fingerprint density at radius 1 is 1.56 bits per heavy atom. The first kappa shape index (κ1) is 14.0. The van der Waals surface area contributed by atoms with Crippen molar-refractivity contribution in [2.24, 2.45) is 0 Å². The van der Waals surface area contributed by atoms with Crippen LogP contribution in [0.25, 0.3) is 0 Å². The number of nitrogens with zero attached hydrogens (tertiary/aromatic N) is 2.